The Kier molecular flexibility index (Phi) is 9.64. The van der Waals surface area contributed by atoms with Crippen LogP contribution in [0.3, 0.4) is 0 Å². The molecule has 5 atom stereocenters. The van der Waals surface area contributed by atoms with Gasteiger partial charge >= 0.3 is 5.97 Å². The van der Waals surface area contributed by atoms with Gasteiger partial charge in [-0.1, -0.05) is 23.2 Å². The maximum absolute atomic E-state index is 12.4. The third-order valence-corrected chi connectivity index (χ3v) is 9.02. The highest BCUT2D eigenvalue weighted by molar-refractivity contribution is 7.13. The van der Waals surface area contributed by atoms with Gasteiger partial charge in [0.25, 0.3) is 0 Å². The molecule has 1 saturated heterocycles. The van der Waals surface area contributed by atoms with Gasteiger partial charge in [-0.3, -0.25) is 0 Å². The number of esters is 1. The van der Waals surface area contributed by atoms with Crippen molar-refractivity contribution in [2.45, 2.75) is 75.7 Å². The summed E-state index contributed by atoms with van der Waals surface area (Å²) in [6.07, 6.45) is 4.36. The van der Waals surface area contributed by atoms with E-state index in [0.717, 1.165) is 42.5 Å². The van der Waals surface area contributed by atoms with Crippen molar-refractivity contribution in [1.29, 1.82) is 0 Å². The zero-order chi connectivity index (χ0) is 25.9. The number of ether oxygens (including phenoxy) is 3. The molecule has 2 fully saturated rings. The number of aliphatic hydroxyl groups excluding tert-OH is 1. The van der Waals surface area contributed by atoms with E-state index in [1.54, 1.807) is 6.07 Å². The van der Waals surface area contributed by atoms with E-state index in [0.29, 0.717) is 28.0 Å². The molecule has 1 N–H and O–H groups in total. The first-order chi connectivity index (χ1) is 17.1. The SMILES string of the molecule is CC1(C)OCC(COC(=O)c2ccc(CCC[C@@H]3[C@@H](CCc4cc(Cl)cc(Cl)c4)[C@H](O)C[C@H]3Cl)s2)O1. The van der Waals surface area contributed by atoms with Crippen LogP contribution >= 0.6 is 46.1 Å². The lowest BCUT2D eigenvalue weighted by molar-refractivity contribution is -0.142. The van der Waals surface area contributed by atoms with Crippen LogP contribution in [0.4, 0.5) is 0 Å². The Balaban J connectivity index is 1.24. The average molecular weight is 576 g/mol. The third-order valence-electron chi connectivity index (χ3n) is 6.96. The molecule has 0 amide bonds. The lowest BCUT2D eigenvalue weighted by Crippen LogP contribution is -2.25. The highest BCUT2D eigenvalue weighted by Gasteiger charge is 2.40. The monoisotopic (exact) mass is 574 g/mol. The molecule has 5 nitrogen and oxygen atoms in total. The van der Waals surface area contributed by atoms with Crippen molar-refractivity contribution < 1.29 is 24.1 Å². The molecule has 0 spiro atoms. The van der Waals surface area contributed by atoms with Gasteiger partial charge in [-0.2, -0.15) is 0 Å². The average Bonchev–Trinajstić information content (AvgIpc) is 3.48. The molecule has 36 heavy (non-hydrogen) atoms. The Hall–Kier alpha value is -0.860. The Bertz CT molecular complexity index is 1020. The maximum atomic E-state index is 12.4. The summed E-state index contributed by atoms with van der Waals surface area (Å²) in [7, 11) is 0. The number of hydrogen-bond acceptors (Lipinski definition) is 6. The van der Waals surface area contributed by atoms with Crippen molar-refractivity contribution in [2.75, 3.05) is 13.2 Å². The minimum Gasteiger partial charge on any atom is -0.459 e. The summed E-state index contributed by atoms with van der Waals surface area (Å²) in [6, 6.07) is 9.39. The van der Waals surface area contributed by atoms with Crippen molar-refractivity contribution in [1.82, 2.24) is 0 Å². The first kappa shape index (κ1) is 28.2. The second-order valence-corrected chi connectivity index (χ2v) is 12.8. The van der Waals surface area contributed by atoms with Gasteiger partial charge in [-0.05, 0) is 100 Å². The minimum absolute atomic E-state index is 0.0337. The molecule has 0 radical (unpaired) electrons. The molecule has 0 bridgehead atoms. The van der Waals surface area contributed by atoms with Gasteiger partial charge in [0.05, 0.1) is 12.7 Å². The number of carbonyl (C=O) groups is 1. The number of hydrogen-bond donors (Lipinski definition) is 1. The van der Waals surface area contributed by atoms with Crippen molar-refractivity contribution in [3.05, 3.63) is 55.7 Å². The minimum atomic E-state index is -0.632. The van der Waals surface area contributed by atoms with Crippen LogP contribution in [0.5, 0.6) is 0 Å². The van der Waals surface area contributed by atoms with E-state index in [4.69, 9.17) is 49.0 Å². The zero-order valence-electron chi connectivity index (χ0n) is 20.6. The van der Waals surface area contributed by atoms with Gasteiger partial charge in [0.15, 0.2) is 5.79 Å². The molecule has 1 aromatic heterocycles. The number of aliphatic hydroxyl groups is 1. The van der Waals surface area contributed by atoms with Gasteiger partial charge < -0.3 is 19.3 Å². The van der Waals surface area contributed by atoms with Gasteiger partial charge in [-0.25, -0.2) is 4.79 Å². The van der Waals surface area contributed by atoms with E-state index < -0.39 is 11.9 Å². The zero-order valence-corrected chi connectivity index (χ0v) is 23.6. The first-order valence-electron chi connectivity index (χ1n) is 12.4. The highest BCUT2D eigenvalue weighted by atomic mass is 35.5. The van der Waals surface area contributed by atoms with E-state index in [9.17, 15) is 9.90 Å². The fourth-order valence-electron chi connectivity index (χ4n) is 5.24. The van der Waals surface area contributed by atoms with E-state index >= 15 is 0 Å². The van der Waals surface area contributed by atoms with Crippen molar-refractivity contribution in [3.63, 3.8) is 0 Å². The smallest absolute Gasteiger partial charge is 0.348 e. The van der Waals surface area contributed by atoms with Crippen LogP contribution in [0.25, 0.3) is 0 Å². The van der Waals surface area contributed by atoms with Crippen LogP contribution in [0.15, 0.2) is 30.3 Å². The van der Waals surface area contributed by atoms with Gasteiger partial charge in [0, 0.05) is 20.3 Å². The summed E-state index contributed by atoms with van der Waals surface area (Å²) in [5.74, 6) is -0.572. The van der Waals surface area contributed by atoms with Gasteiger partial charge in [0.2, 0.25) is 0 Å². The Morgan fingerprint density at radius 1 is 1.14 bits per heavy atom. The Labute approximate surface area is 232 Å². The van der Waals surface area contributed by atoms with Crippen LogP contribution in [-0.2, 0) is 27.1 Å². The molecular weight excluding hydrogens is 543 g/mol. The van der Waals surface area contributed by atoms with E-state index in [1.807, 2.05) is 38.1 Å². The molecule has 2 aliphatic rings. The fourth-order valence-corrected chi connectivity index (χ4v) is 7.25. The molecule has 4 rings (SSSR count). The molecule has 1 aliphatic heterocycles. The molecule has 2 aromatic rings. The lowest BCUT2D eigenvalue weighted by atomic mass is 9.85. The van der Waals surface area contributed by atoms with Crippen LogP contribution in [-0.4, -0.2) is 47.7 Å². The Morgan fingerprint density at radius 3 is 2.58 bits per heavy atom. The van der Waals surface area contributed by atoms with Gasteiger partial charge in [0.1, 0.15) is 17.6 Å². The van der Waals surface area contributed by atoms with Crippen molar-refractivity contribution in [2.24, 2.45) is 11.8 Å². The topological polar surface area (TPSA) is 65.0 Å². The molecule has 9 heteroatoms. The lowest BCUT2D eigenvalue weighted by Gasteiger charge is -2.23. The first-order valence-corrected chi connectivity index (χ1v) is 14.5. The van der Waals surface area contributed by atoms with Crippen LogP contribution in [0, 0.1) is 11.8 Å². The summed E-state index contributed by atoms with van der Waals surface area (Å²) in [5, 5.41) is 11.9. The molecule has 1 aromatic carbocycles. The number of alkyl halides is 1. The summed E-state index contributed by atoms with van der Waals surface area (Å²) in [6.45, 7) is 4.29. The number of benzene rings is 1. The number of rotatable bonds is 10. The molecule has 198 valence electrons. The van der Waals surface area contributed by atoms with Crippen LogP contribution < -0.4 is 0 Å². The third kappa shape index (κ3) is 7.59. The normalized spacial score (nSPS) is 27.4. The maximum Gasteiger partial charge on any atom is 0.348 e. The number of aryl methyl sites for hydroxylation is 2. The summed E-state index contributed by atoms with van der Waals surface area (Å²) in [4.78, 5) is 14.2. The molecule has 1 saturated carbocycles. The fraction of sp³-hybridized carbons (Fsp3) is 0.593. The predicted octanol–water partition coefficient (Wildman–Crippen LogP) is 6.92. The predicted molar refractivity (Wildman–Crippen MR) is 144 cm³/mol. The second-order valence-electron chi connectivity index (χ2n) is 10.2. The standard InChI is InChI=1S/C27H33Cl3O5S/c1-27(2)34-15-19(35-27)14-33-26(32)25-9-7-20(36-25)4-3-5-21-22(24(31)13-23(21)30)8-6-16-10-17(28)12-18(29)11-16/h7,9-12,19,21-24,31H,3-6,8,13-15H2,1-2H3/t19?,21-,22-,23-,24-/m1/s1. The largest absolute Gasteiger partial charge is 0.459 e. The molecule has 2 heterocycles. The van der Waals surface area contributed by atoms with Crippen LogP contribution in [0.1, 0.15) is 59.6 Å². The number of halogens is 3. The van der Waals surface area contributed by atoms with Crippen molar-refractivity contribution >= 4 is 52.1 Å². The number of carbonyl (C=O) groups excluding carboxylic acids is 1. The quantitative estimate of drug-likeness (QED) is 0.246. The summed E-state index contributed by atoms with van der Waals surface area (Å²) in [5.41, 5.74) is 1.07. The van der Waals surface area contributed by atoms with Gasteiger partial charge in [-0.15, -0.1) is 22.9 Å². The highest BCUT2D eigenvalue weighted by Crippen LogP contribution is 2.42. The van der Waals surface area contributed by atoms with Crippen LogP contribution in [0.2, 0.25) is 10.0 Å². The molecule has 1 aliphatic carbocycles. The summed E-state index contributed by atoms with van der Waals surface area (Å²) >= 11 is 20.4. The second kappa shape index (κ2) is 12.3. The Morgan fingerprint density at radius 2 is 1.89 bits per heavy atom. The van der Waals surface area contributed by atoms with E-state index in [2.05, 4.69) is 0 Å². The van der Waals surface area contributed by atoms with E-state index in [1.165, 1.54) is 11.3 Å². The number of thiophene rings is 1. The van der Waals surface area contributed by atoms with E-state index in [-0.39, 0.29) is 35.9 Å². The summed E-state index contributed by atoms with van der Waals surface area (Å²) < 4.78 is 16.6. The molecular formula is C27H33Cl3O5S. The molecule has 1 unspecified atom stereocenters. The van der Waals surface area contributed by atoms with Crippen molar-refractivity contribution in [3.8, 4) is 0 Å².